The number of aromatic nitrogens is 2. The van der Waals surface area contributed by atoms with Crippen molar-refractivity contribution in [3.8, 4) is 45.5 Å². The largest absolute Gasteiger partial charge is 0.573 e. The van der Waals surface area contributed by atoms with E-state index in [9.17, 15) is 62.3 Å². The number of hydrogen-bond acceptors (Lipinski definition) is 8. The molecule has 0 aliphatic rings. The molecule has 0 saturated carbocycles. The maximum Gasteiger partial charge on any atom is 0.573 e. The summed E-state index contributed by atoms with van der Waals surface area (Å²) in [6.07, 6.45) is -11.9. The predicted molar refractivity (Wildman–Crippen MR) is 320 cm³/mol. The molecule has 2 atom stereocenters. The lowest BCUT2D eigenvalue weighted by Crippen LogP contribution is -2.26. The van der Waals surface area contributed by atoms with Gasteiger partial charge < -0.3 is 37.6 Å². The number of hydrogen-bond donors (Lipinski definition) is 0. The zero-order valence-electron chi connectivity index (χ0n) is 51.3. The Hall–Kier alpha value is -7.26. The average Bonchev–Trinajstić information content (AvgIpc) is 1.74. The van der Waals surface area contributed by atoms with Crippen LogP contribution in [0.3, 0.4) is 0 Å². The Labute approximate surface area is 512 Å². The molecule has 2 aromatic heterocycles. The van der Waals surface area contributed by atoms with Crippen molar-refractivity contribution in [3.05, 3.63) is 121 Å². The van der Waals surface area contributed by atoms with Crippen molar-refractivity contribution in [1.29, 1.82) is 0 Å². The molecule has 6 rings (SSSR count). The van der Waals surface area contributed by atoms with Crippen molar-refractivity contribution in [1.82, 2.24) is 9.13 Å². The van der Waals surface area contributed by atoms with Crippen LogP contribution in [0.25, 0.3) is 44.3 Å². The number of benzene rings is 4. The predicted octanol–water partition coefficient (Wildman–Crippen LogP) is 19.7. The van der Waals surface area contributed by atoms with E-state index in [-0.39, 0.29) is 58.8 Å². The van der Waals surface area contributed by atoms with Gasteiger partial charge in [-0.3, -0.25) is 0 Å². The first-order valence-electron chi connectivity index (χ1n) is 29.8. The number of carbonyl (C=O) groups is 2. The monoisotopic (exact) mass is 1270 g/mol. The van der Waals surface area contributed by atoms with Crippen LogP contribution in [0.4, 0.5) is 52.7 Å². The number of nitrogens with zero attached hydrogens (tertiary/aromatic N) is 2. The highest BCUT2D eigenvalue weighted by atomic mass is 19.4. The fourth-order valence-electron chi connectivity index (χ4n) is 9.99. The van der Waals surface area contributed by atoms with Crippen LogP contribution in [0.1, 0.15) is 124 Å². The third kappa shape index (κ3) is 24.6. The van der Waals surface area contributed by atoms with Crippen molar-refractivity contribution < 1.29 is 90.7 Å². The summed E-state index contributed by atoms with van der Waals surface area (Å²) in [5.74, 6) is -3.48. The van der Waals surface area contributed by atoms with Gasteiger partial charge in [0.15, 0.2) is 0 Å². The Morgan fingerprint density at radius 3 is 1.40 bits per heavy atom. The molecular weight excluding hydrogens is 1190 g/mol. The van der Waals surface area contributed by atoms with Gasteiger partial charge in [0.25, 0.3) is 0 Å². The van der Waals surface area contributed by atoms with Gasteiger partial charge in [0, 0.05) is 70.6 Å². The van der Waals surface area contributed by atoms with Crippen LogP contribution in [-0.4, -0.2) is 72.6 Å². The first-order chi connectivity index (χ1) is 41.7. The van der Waals surface area contributed by atoms with E-state index in [1.54, 1.807) is 60.7 Å². The third-order valence-corrected chi connectivity index (χ3v) is 14.1. The number of halogens is 12. The molecule has 0 aliphatic heterocycles. The second-order valence-electron chi connectivity index (χ2n) is 23.1. The SMILES string of the molecule is C=C(C)C(=O)OCC(COc1ccc2cc(-c3ccc(CCCCC)cc3OC(F)(F)F)n(CC(C)C)c2c1)CC(F)(F)F.C=CC(=O)OCC(COc1ccc2cc(-c3ccc(CCCCC)cc3OC(F)(F)F)n(CCCC(C)C)c2c1)CC(F)(F)F. The summed E-state index contributed by atoms with van der Waals surface area (Å²) in [4.78, 5) is 23.2. The minimum atomic E-state index is -4.89. The van der Waals surface area contributed by atoms with Crippen molar-refractivity contribution in [3.63, 3.8) is 0 Å². The number of carbonyl (C=O) groups excluding carboxylic acids is 2. The number of fused-ring (bicyclic) bond motifs is 2. The van der Waals surface area contributed by atoms with Gasteiger partial charge in [0.2, 0.25) is 0 Å². The Morgan fingerprint density at radius 1 is 0.551 bits per heavy atom. The van der Waals surface area contributed by atoms with Gasteiger partial charge in [-0.2, -0.15) is 26.3 Å². The summed E-state index contributed by atoms with van der Waals surface area (Å²) >= 11 is 0. The fourth-order valence-corrected chi connectivity index (χ4v) is 9.99. The quantitative estimate of drug-likeness (QED) is 0.0178. The molecule has 0 N–H and O–H groups in total. The van der Waals surface area contributed by atoms with Crippen molar-refractivity contribution in [2.45, 2.75) is 164 Å². The van der Waals surface area contributed by atoms with E-state index in [1.807, 2.05) is 42.0 Å². The van der Waals surface area contributed by atoms with E-state index in [4.69, 9.17) is 18.9 Å². The van der Waals surface area contributed by atoms with E-state index in [0.717, 1.165) is 74.0 Å². The molecule has 2 unspecified atom stereocenters. The first kappa shape index (κ1) is 72.5. The van der Waals surface area contributed by atoms with Crippen LogP contribution in [0, 0.1) is 23.7 Å². The Kier molecular flexibility index (Phi) is 26.9. The highest BCUT2D eigenvalue weighted by Crippen LogP contribution is 2.42. The van der Waals surface area contributed by atoms with Crippen molar-refractivity contribution in [2.24, 2.45) is 23.7 Å². The molecular formula is C67H80F12N2O8. The van der Waals surface area contributed by atoms with E-state index in [1.165, 1.54) is 19.1 Å². The average molecular weight is 1270 g/mol. The standard InChI is InChI=1S/C34H41F6NO4.C33H39F6NO4/c1-5-7-8-11-24-12-15-28(31(17-24)45-34(38,39)40)30-18-26-13-14-27(19-29(26)41(30)16-9-10-23(3)4)43-21-25(20-33(35,36)37)22-44-32(42)6-2;1-6-7-8-9-23-10-13-27(30(14-23)44-33(37,38)39)29-15-25-11-12-26(16-28(25)40(29)18-21(2)3)42-19-24(17-32(34,35)36)20-43-31(41)22(4)5/h6,12-15,17-19,23,25H,2,5,7-11,16,20-22H2,1,3-4H3;10-16,21,24H,4,6-9,17-20H2,1-3,5H3. The summed E-state index contributed by atoms with van der Waals surface area (Å²) < 4.78 is 194. The number of esters is 2. The second kappa shape index (κ2) is 33.0. The summed E-state index contributed by atoms with van der Waals surface area (Å²) in [5.41, 5.74) is 4.43. The molecule has 6 aromatic rings. The zero-order chi connectivity index (χ0) is 65.9. The molecule has 4 aromatic carbocycles. The minimum absolute atomic E-state index is 0.0683. The molecule has 89 heavy (non-hydrogen) atoms. The molecule has 490 valence electrons. The highest BCUT2D eigenvalue weighted by molar-refractivity contribution is 5.91. The molecule has 0 saturated heterocycles. The van der Waals surface area contributed by atoms with Crippen molar-refractivity contribution in [2.75, 3.05) is 26.4 Å². The number of rotatable bonds is 32. The summed E-state index contributed by atoms with van der Waals surface area (Å²) in [6.45, 7) is 19.4. The normalized spacial score (nSPS) is 12.9. The van der Waals surface area contributed by atoms with Crippen LogP contribution in [0.5, 0.6) is 23.0 Å². The third-order valence-electron chi connectivity index (χ3n) is 14.1. The van der Waals surface area contributed by atoms with Crippen LogP contribution in [0.2, 0.25) is 0 Å². The molecule has 0 fully saturated rings. The smallest absolute Gasteiger partial charge is 0.493 e. The molecule has 10 nitrogen and oxygen atoms in total. The molecule has 22 heteroatoms. The van der Waals surface area contributed by atoms with Gasteiger partial charge in [0.1, 0.15) is 23.0 Å². The molecule has 0 aliphatic carbocycles. The van der Waals surface area contributed by atoms with Gasteiger partial charge in [-0.25, -0.2) is 9.59 Å². The summed E-state index contributed by atoms with van der Waals surface area (Å²) in [7, 11) is 0. The first-order valence-corrected chi connectivity index (χ1v) is 29.8. The minimum Gasteiger partial charge on any atom is -0.493 e. The molecule has 0 radical (unpaired) electrons. The summed E-state index contributed by atoms with van der Waals surface area (Å²) in [5, 5.41) is 1.43. The summed E-state index contributed by atoms with van der Waals surface area (Å²) in [6, 6.07) is 23.3. The zero-order valence-corrected chi connectivity index (χ0v) is 51.3. The van der Waals surface area contributed by atoms with E-state index < -0.39 is 74.9 Å². The molecule has 0 amide bonds. The van der Waals surface area contributed by atoms with E-state index in [0.29, 0.717) is 59.7 Å². The van der Waals surface area contributed by atoms with Crippen molar-refractivity contribution >= 4 is 33.7 Å². The number of unbranched alkanes of at least 4 members (excludes halogenated alkanes) is 4. The van der Waals surface area contributed by atoms with Crippen LogP contribution in [-0.2, 0) is 45.0 Å². The van der Waals surface area contributed by atoms with E-state index in [2.05, 4.69) is 43.4 Å². The number of alkyl halides is 12. The number of ether oxygens (including phenoxy) is 6. The molecule has 2 heterocycles. The molecule has 0 spiro atoms. The Bertz CT molecular complexity index is 3260. The highest BCUT2D eigenvalue weighted by Gasteiger charge is 2.36. The lowest BCUT2D eigenvalue weighted by molar-refractivity contribution is -0.275. The van der Waals surface area contributed by atoms with Gasteiger partial charge in [-0.15, -0.1) is 26.3 Å². The van der Waals surface area contributed by atoms with Gasteiger partial charge in [-0.1, -0.05) is 92.5 Å². The number of aryl methyl sites for hydroxylation is 3. The lowest BCUT2D eigenvalue weighted by atomic mass is 10.0. The maximum atomic E-state index is 13.5. The lowest BCUT2D eigenvalue weighted by Gasteiger charge is -2.20. The fraction of sp³-hybridized carbons (Fsp3) is 0.493. The van der Waals surface area contributed by atoms with E-state index >= 15 is 0 Å². The van der Waals surface area contributed by atoms with Gasteiger partial charge in [-0.05, 0) is 129 Å². The van der Waals surface area contributed by atoms with Crippen LogP contribution >= 0.6 is 0 Å². The van der Waals surface area contributed by atoms with Gasteiger partial charge >= 0.3 is 37.0 Å². The second-order valence-corrected chi connectivity index (χ2v) is 23.1. The Balaban J connectivity index is 0.000000324. The molecule has 0 bridgehead atoms. The maximum absolute atomic E-state index is 13.5. The van der Waals surface area contributed by atoms with Gasteiger partial charge in [0.05, 0.1) is 61.7 Å². The topological polar surface area (TPSA) is 99.4 Å². The Morgan fingerprint density at radius 2 is 1.00 bits per heavy atom. The van der Waals surface area contributed by atoms with Crippen LogP contribution in [0.15, 0.2) is 110 Å². The van der Waals surface area contributed by atoms with Crippen LogP contribution < -0.4 is 18.9 Å².